The van der Waals surface area contributed by atoms with E-state index in [0.29, 0.717) is 18.6 Å². The zero-order valence-electron chi connectivity index (χ0n) is 17.4. The van der Waals surface area contributed by atoms with Crippen molar-refractivity contribution in [2.75, 3.05) is 20.3 Å². The van der Waals surface area contributed by atoms with Gasteiger partial charge in [0.05, 0.1) is 25.9 Å². The molecule has 4 atom stereocenters. The van der Waals surface area contributed by atoms with Gasteiger partial charge in [0.2, 0.25) is 0 Å². The lowest BCUT2D eigenvalue weighted by Crippen LogP contribution is -2.34. The number of carbonyl (C=O) groups is 2. The molecular weight excluding hydrogens is 388 g/mol. The zero-order chi connectivity index (χ0) is 21.8. The Morgan fingerprint density at radius 2 is 1.97 bits per heavy atom. The molecule has 7 heteroatoms. The van der Waals surface area contributed by atoms with Crippen LogP contribution in [-0.2, 0) is 19.1 Å². The fourth-order valence-corrected chi connectivity index (χ4v) is 3.39. The lowest BCUT2D eigenvalue weighted by Gasteiger charge is -2.22. The van der Waals surface area contributed by atoms with Crippen LogP contribution in [0.25, 0.3) is 0 Å². The number of hydrogen-bond acceptors (Lipinski definition) is 7. The van der Waals surface area contributed by atoms with Gasteiger partial charge in [0.25, 0.3) is 0 Å². The minimum Gasteiger partial charge on any atom is -0.491 e. The minimum absolute atomic E-state index is 0.0183. The lowest BCUT2D eigenvalue weighted by molar-refractivity contribution is -0.140. The van der Waals surface area contributed by atoms with Gasteiger partial charge in [0.1, 0.15) is 24.2 Å². The largest absolute Gasteiger partial charge is 0.491 e. The number of methoxy groups -OCH3 is 1. The third-order valence-electron chi connectivity index (χ3n) is 5.05. The van der Waals surface area contributed by atoms with Crippen molar-refractivity contribution < 1.29 is 34.0 Å². The number of esters is 1. The second kappa shape index (κ2) is 13.2. The van der Waals surface area contributed by atoms with Crippen molar-refractivity contribution in [2.24, 2.45) is 5.92 Å². The van der Waals surface area contributed by atoms with Crippen LogP contribution >= 0.6 is 0 Å². The molecule has 0 radical (unpaired) electrons. The first kappa shape index (κ1) is 24.1. The summed E-state index contributed by atoms with van der Waals surface area (Å²) in [5, 5.41) is 20.3. The number of Topliss-reactive ketones (excluding diaryl/α,β-unsaturated/α-hetero) is 1. The molecule has 0 aliphatic heterocycles. The number of hydrogen-bond donors (Lipinski definition) is 2. The van der Waals surface area contributed by atoms with Crippen molar-refractivity contribution in [2.45, 2.75) is 56.8 Å². The monoisotopic (exact) mass is 420 g/mol. The van der Waals surface area contributed by atoms with E-state index in [1.54, 1.807) is 12.1 Å². The van der Waals surface area contributed by atoms with Crippen LogP contribution in [0.1, 0.15) is 38.5 Å². The van der Waals surface area contributed by atoms with Gasteiger partial charge in [-0.05, 0) is 37.8 Å². The maximum absolute atomic E-state index is 12.2. The molecule has 2 rings (SSSR count). The molecule has 30 heavy (non-hydrogen) atoms. The number of rotatable bonds is 13. The Balaban J connectivity index is 1.70. The Morgan fingerprint density at radius 3 is 2.70 bits per heavy atom. The van der Waals surface area contributed by atoms with Crippen molar-refractivity contribution in [1.82, 2.24) is 0 Å². The van der Waals surface area contributed by atoms with Crippen molar-refractivity contribution in [3.05, 3.63) is 42.5 Å². The molecule has 2 N–H and O–H groups in total. The van der Waals surface area contributed by atoms with Crippen molar-refractivity contribution in [3.63, 3.8) is 0 Å². The molecule has 0 saturated heterocycles. The normalized spacial score (nSPS) is 22.4. The topological polar surface area (TPSA) is 102 Å². The summed E-state index contributed by atoms with van der Waals surface area (Å²) in [4.78, 5) is 23.3. The third kappa shape index (κ3) is 8.26. The predicted octanol–water partition coefficient (Wildman–Crippen LogP) is 2.44. The number of para-hydroxylation sites is 1. The zero-order valence-corrected chi connectivity index (χ0v) is 17.4. The van der Waals surface area contributed by atoms with Crippen molar-refractivity contribution >= 4 is 11.8 Å². The second-order valence-corrected chi connectivity index (χ2v) is 7.45. The summed E-state index contributed by atoms with van der Waals surface area (Å²) in [5.41, 5.74) is 0. The van der Waals surface area contributed by atoms with Crippen molar-refractivity contribution in [3.8, 4) is 5.75 Å². The molecule has 1 unspecified atom stereocenters. The van der Waals surface area contributed by atoms with Gasteiger partial charge in [0.15, 0.2) is 0 Å². The van der Waals surface area contributed by atoms with E-state index in [1.807, 2.05) is 30.4 Å². The van der Waals surface area contributed by atoms with E-state index >= 15 is 0 Å². The van der Waals surface area contributed by atoms with E-state index in [1.165, 1.54) is 7.11 Å². The van der Waals surface area contributed by atoms with Gasteiger partial charge >= 0.3 is 5.97 Å². The molecular formula is C23H32O7. The first-order valence-electron chi connectivity index (χ1n) is 10.4. The molecule has 1 fully saturated rings. The molecule has 0 aromatic heterocycles. The molecule has 1 aliphatic carbocycles. The molecule has 7 nitrogen and oxygen atoms in total. The fourth-order valence-electron chi connectivity index (χ4n) is 3.39. The van der Waals surface area contributed by atoms with Gasteiger partial charge in [-0.1, -0.05) is 30.4 Å². The molecule has 1 aliphatic rings. The number of ketones is 1. The molecule has 166 valence electrons. The highest BCUT2D eigenvalue weighted by molar-refractivity contribution is 5.85. The highest BCUT2D eigenvalue weighted by Crippen LogP contribution is 2.29. The summed E-state index contributed by atoms with van der Waals surface area (Å²) < 4.78 is 15.8. The Hall–Kier alpha value is -2.22. The summed E-state index contributed by atoms with van der Waals surface area (Å²) in [6.07, 6.45) is 4.93. The van der Waals surface area contributed by atoms with E-state index < -0.39 is 24.2 Å². The standard InChI is InChI=1S/C23H32O7/c1-28-22(27)13-9-4-2-3-8-12-19-20(25)14-21(26)23(19)30-16-17(24)15-29-18-10-6-5-7-11-18/h3,5-8,10-11,17,19,21,23-24,26H,2,4,9,12-16H2,1H3/t17?,19-,21+,23+/m0/s1. The van der Waals surface area contributed by atoms with Gasteiger partial charge in [-0.25, -0.2) is 0 Å². The summed E-state index contributed by atoms with van der Waals surface area (Å²) in [5.74, 6) is -0.00507. The SMILES string of the molecule is COC(=O)CCCCC=CC[C@H]1C(=O)C[C@@H](O)[C@@H]1OCC(O)COc1ccccc1. The number of benzene rings is 1. The van der Waals surface area contributed by atoms with Crippen LogP contribution in [0.15, 0.2) is 42.5 Å². The number of carbonyl (C=O) groups excluding carboxylic acids is 2. The first-order chi connectivity index (χ1) is 14.5. The van der Waals surface area contributed by atoms with Crippen LogP contribution in [0.2, 0.25) is 0 Å². The molecule has 1 saturated carbocycles. The Kier molecular flexibility index (Phi) is 10.5. The number of ether oxygens (including phenoxy) is 3. The van der Waals surface area contributed by atoms with Crippen LogP contribution in [0.3, 0.4) is 0 Å². The summed E-state index contributed by atoms with van der Waals surface area (Å²) in [6.45, 7) is 0.0481. The molecule has 0 bridgehead atoms. The molecule has 0 spiro atoms. The average Bonchev–Trinajstić information content (AvgIpc) is 3.02. The lowest BCUT2D eigenvalue weighted by atomic mass is 9.99. The third-order valence-corrected chi connectivity index (χ3v) is 5.05. The molecule has 1 aromatic rings. The maximum Gasteiger partial charge on any atom is 0.305 e. The smallest absolute Gasteiger partial charge is 0.305 e. The summed E-state index contributed by atoms with van der Waals surface area (Å²) in [7, 11) is 1.38. The van der Waals surface area contributed by atoms with Crippen LogP contribution in [0, 0.1) is 5.92 Å². The van der Waals surface area contributed by atoms with E-state index in [9.17, 15) is 19.8 Å². The summed E-state index contributed by atoms with van der Waals surface area (Å²) in [6, 6.07) is 9.16. The molecule has 1 aromatic carbocycles. The number of aliphatic hydroxyl groups excluding tert-OH is 2. The number of allylic oxidation sites excluding steroid dienone is 2. The first-order valence-corrected chi connectivity index (χ1v) is 10.4. The quantitative estimate of drug-likeness (QED) is 0.287. The van der Waals surface area contributed by atoms with Crippen LogP contribution in [0.4, 0.5) is 0 Å². The molecule has 0 heterocycles. The fraction of sp³-hybridized carbons (Fsp3) is 0.565. The Morgan fingerprint density at radius 1 is 1.20 bits per heavy atom. The minimum atomic E-state index is -0.863. The highest BCUT2D eigenvalue weighted by atomic mass is 16.5. The van der Waals surface area contributed by atoms with Crippen molar-refractivity contribution in [1.29, 1.82) is 0 Å². The number of aliphatic hydroxyl groups is 2. The van der Waals surface area contributed by atoms with Crippen LogP contribution in [-0.4, -0.2) is 60.6 Å². The van der Waals surface area contributed by atoms with E-state index in [4.69, 9.17) is 9.47 Å². The van der Waals surface area contributed by atoms with Crippen LogP contribution < -0.4 is 4.74 Å². The molecule has 0 amide bonds. The van der Waals surface area contributed by atoms with E-state index in [2.05, 4.69) is 4.74 Å². The summed E-state index contributed by atoms with van der Waals surface area (Å²) >= 11 is 0. The van der Waals surface area contributed by atoms with Gasteiger partial charge < -0.3 is 24.4 Å². The Labute approximate surface area is 177 Å². The van der Waals surface area contributed by atoms with Gasteiger partial charge in [-0.2, -0.15) is 0 Å². The maximum atomic E-state index is 12.2. The van der Waals surface area contributed by atoms with E-state index in [0.717, 1.165) is 19.3 Å². The number of unbranched alkanes of at least 4 members (excludes halogenated alkanes) is 2. The van der Waals surface area contributed by atoms with E-state index in [-0.39, 0.29) is 31.4 Å². The average molecular weight is 421 g/mol. The second-order valence-electron chi connectivity index (χ2n) is 7.45. The predicted molar refractivity (Wildman–Crippen MR) is 111 cm³/mol. The Bertz CT molecular complexity index is 673. The highest BCUT2D eigenvalue weighted by Gasteiger charge is 2.41. The van der Waals surface area contributed by atoms with Gasteiger partial charge in [0, 0.05) is 18.8 Å². The van der Waals surface area contributed by atoms with Gasteiger partial charge in [-0.3, -0.25) is 9.59 Å². The van der Waals surface area contributed by atoms with Gasteiger partial charge in [-0.15, -0.1) is 0 Å². The van der Waals surface area contributed by atoms with Crippen LogP contribution in [0.5, 0.6) is 5.75 Å².